The lowest BCUT2D eigenvalue weighted by Crippen LogP contribution is -2.50. The van der Waals surface area contributed by atoms with Crippen LogP contribution < -0.4 is 10.2 Å². The van der Waals surface area contributed by atoms with E-state index in [1.807, 2.05) is 44.2 Å². The van der Waals surface area contributed by atoms with Gasteiger partial charge in [0, 0.05) is 19.0 Å². The fourth-order valence-electron chi connectivity index (χ4n) is 3.01. The number of hydrogen-bond donors (Lipinski definition) is 1. The summed E-state index contributed by atoms with van der Waals surface area (Å²) >= 11 is 0. The molecule has 0 saturated heterocycles. The molecule has 24 heavy (non-hydrogen) atoms. The van der Waals surface area contributed by atoms with Crippen LogP contribution in [0.25, 0.3) is 0 Å². The van der Waals surface area contributed by atoms with E-state index >= 15 is 0 Å². The van der Waals surface area contributed by atoms with Crippen LogP contribution in [0.4, 0.5) is 5.82 Å². The van der Waals surface area contributed by atoms with Crippen LogP contribution >= 0.6 is 0 Å². The summed E-state index contributed by atoms with van der Waals surface area (Å²) in [5, 5.41) is 7.31. The van der Waals surface area contributed by atoms with Crippen molar-refractivity contribution in [3.8, 4) is 0 Å². The Bertz CT molecular complexity index is 781. The first-order valence-electron chi connectivity index (χ1n) is 8.16. The van der Waals surface area contributed by atoms with Crippen LogP contribution in [0.2, 0.25) is 0 Å². The number of hydrogen-bond acceptors (Lipinski definition) is 3. The summed E-state index contributed by atoms with van der Waals surface area (Å²) in [6.45, 7) is 6.67. The minimum absolute atomic E-state index is 0.0408. The van der Waals surface area contributed by atoms with Crippen molar-refractivity contribution in [2.75, 3.05) is 4.90 Å². The van der Waals surface area contributed by atoms with Gasteiger partial charge in [0.25, 0.3) is 0 Å². The summed E-state index contributed by atoms with van der Waals surface area (Å²) < 4.78 is 1.79. The van der Waals surface area contributed by atoms with Crippen LogP contribution in [-0.4, -0.2) is 27.6 Å². The van der Waals surface area contributed by atoms with Crippen LogP contribution in [-0.2, 0) is 22.7 Å². The molecule has 1 aromatic heterocycles. The van der Waals surface area contributed by atoms with Crippen LogP contribution in [0.3, 0.4) is 0 Å². The number of nitrogens with one attached hydrogen (secondary N) is 1. The molecule has 2 heterocycles. The molecule has 1 atom stereocenters. The summed E-state index contributed by atoms with van der Waals surface area (Å²) in [4.78, 5) is 26.5. The molecular formula is C18H22N4O2. The van der Waals surface area contributed by atoms with Gasteiger partial charge in [-0.25, -0.2) is 4.68 Å². The first-order chi connectivity index (χ1) is 11.5. The molecule has 1 aliphatic rings. The van der Waals surface area contributed by atoms with Gasteiger partial charge in [0.15, 0.2) is 0 Å². The molecule has 1 unspecified atom stereocenters. The lowest BCUT2D eigenvalue weighted by atomic mass is 10.1. The Hall–Kier alpha value is -2.63. The number of carbonyl (C=O) groups is 2. The summed E-state index contributed by atoms with van der Waals surface area (Å²) in [5.41, 5.74) is 3.05. The van der Waals surface area contributed by atoms with Gasteiger partial charge in [0.05, 0.1) is 12.2 Å². The molecule has 3 rings (SSSR count). The maximum Gasteiger partial charge on any atom is 0.243 e. The van der Waals surface area contributed by atoms with E-state index in [4.69, 9.17) is 0 Å². The third-order valence-corrected chi connectivity index (χ3v) is 4.41. The van der Waals surface area contributed by atoms with Crippen molar-refractivity contribution >= 4 is 17.6 Å². The monoisotopic (exact) mass is 326 g/mol. The first kappa shape index (κ1) is 16.2. The van der Waals surface area contributed by atoms with E-state index < -0.39 is 6.04 Å². The van der Waals surface area contributed by atoms with E-state index in [1.54, 1.807) is 16.5 Å². The average molecular weight is 326 g/mol. The molecule has 0 spiro atoms. The van der Waals surface area contributed by atoms with Crippen LogP contribution in [0.5, 0.6) is 0 Å². The molecule has 2 aromatic rings. The van der Waals surface area contributed by atoms with E-state index in [2.05, 4.69) is 10.4 Å². The molecule has 6 nitrogen and oxygen atoms in total. The van der Waals surface area contributed by atoms with Crippen molar-refractivity contribution in [3.05, 3.63) is 47.2 Å². The van der Waals surface area contributed by atoms with Crippen LogP contribution in [0.1, 0.15) is 30.2 Å². The van der Waals surface area contributed by atoms with E-state index in [-0.39, 0.29) is 11.8 Å². The smallest absolute Gasteiger partial charge is 0.243 e. The van der Waals surface area contributed by atoms with Crippen LogP contribution in [0, 0.1) is 13.8 Å². The number of benzene rings is 1. The Labute approximate surface area is 141 Å². The maximum absolute atomic E-state index is 12.6. The van der Waals surface area contributed by atoms with Gasteiger partial charge in [0.2, 0.25) is 11.8 Å². The molecule has 1 aliphatic heterocycles. The van der Waals surface area contributed by atoms with Gasteiger partial charge < -0.3 is 5.32 Å². The number of amides is 2. The van der Waals surface area contributed by atoms with Crippen molar-refractivity contribution in [3.63, 3.8) is 0 Å². The van der Waals surface area contributed by atoms with Gasteiger partial charge in [-0.3, -0.25) is 14.5 Å². The minimum atomic E-state index is -0.573. The minimum Gasteiger partial charge on any atom is -0.350 e. The number of rotatable bonds is 4. The van der Waals surface area contributed by atoms with Crippen molar-refractivity contribution < 1.29 is 9.59 Å². The van der Waals surface area contributed by atoms with Gasteiger partial charge in [-0.2, -0.15) is 5.10 Å². The van der Waals surface area contributed by atoms with Crippen molar-refractivity contribution in [1.29, 1.82) is 0 Å². The Morgan fingerprint density at radius 3 is 2.83 bits per heavy atom. The molecule has 0 fully saturated rings. The zero-order valence-corrected chi connectivity index (χ0v) is 14.2. The van der Waals surface area contributed by atoms with E-state index in [1.165, 1.54) is 0 Å². The first-order valence-corrected chi connectivity index (χ1v) is 8.16. The number of nitrogens with zero attached hydrogens (tertiary/aromatic N) is 3. The van der Waals surface area contributed by atoms with Crippen LogP contribution in [0.15, 0.2) is 30.3 Å². The Morgan fingerprint density at radius 2 is 2.08 bits per heavy atom. The largest absolute Gasteiger partial charge is 0.350 e. The highest BCUT2D eigenvalue weighted by Crippen LogP contribution is 2.24. The predicted molar refractivity (Wildman–Crippen MR) is 91.6 cm³/mol. The second-order valence-electron chi connectivity index (χ2n) is 6.20. The van der Waals surface area contributed by atoms with E-state index in [9.17, 15) is 9.59 Å². The van der Waals surface area contributed by atoms with E-state index in [0.29, 0.717) is 25.3 Å². The molecule has 1 aromatic carbocycles. The van der Waals surface area contributed by atoms with E-state index in [0.717, 1.165) is 16.8 Å². The summed E-state index contributed by atoms with van der Waals surface area (Å²) in [6, 6.07) is 9.21. The Kier molecular flexibility index (Phi) is 4.38. The highest BCUT2D eigenvalue weighted by atomic mass is 16.2. The van der Waals surface area contributed by atoms with Gasteiger partial charge in [-0.15, -0.1) is 0 Å². The molecule has 6 heteroatoms. The molecule has 126 valence electrons. The Morgan fingerprint density at radius 1 is 1.33 bits per heavy atom. The summed E-state index contributed by atoms with van der Waals surface area (Å²) in [6.07, 6.45) is 0.365. The summed E-state index contributed by atoms with van der Waals surface area (Å²) in [5.74, 6) is 0.488. The number of anilines is 1. The van der Waals surface area contributed by atoms with Gasteiger partial charge in [-0.05, 0) is 31.9 Å². The predicted octanol–water partition coefficient (Wildman–Crippen LogP) is 1.94. The molecular weight excluding hydrogens is 304 g/mol. The highest BCUT2D eigenvalue weighted by molar-refractivity contribution is 6.00. The number of fused-ring (bicyclic) bond motifs is 1. The number of aryl methyl sites for hydroxylation is 3. The molecule has 1 N–H and O–H groups in total. The molecule has 2 amide bonds. The lowest BCUT2D eigenvalue weighted by molar-refractivity contribution is -0.126. The maximum atomic E-state index is 12.6. The lowest BCUT2D eigenvalue weighted by Gasteiger charge is -2.31. The highest BCUT2D eigenvalue weighted by Gasteiger charge is 2.32. The average Bonchev–Trinajstić information content (AvgIpc) is 2.93. The molecule has 0 saturated carbocycles. The van der Waals surface area contributed by atoms with Gasteiger partial charge in [-0.1, -0.05) is 24.3 Å². The zero-order chi connectivity index (χ0) is 17.3. The van der Waals surface area contributed by atoms with Crippen molar-refractivity contribution in [2.24, 2.45) is 0 Å². The number of carbonyl (C=O) groups excluding carboxylic acids is 2. The van der Waals surface area contributed by atoms with Gasteiger partial charge >= 0.3 is 0 Å². The Balaban J connectivity index is 1.73. The SMILES string of the molecule is Cc1cc2n(n1)CCC(=O)N2C(C)C(=O)NCc1ccccc1C. The number of aromatic nitrogens is 2. The van der Waals surface area contributed by atoms with Gasteiger partial charge in [0.1, 0.15) is 11.9 Å². The van der Waals surface area contributed by atoms with Crippen molar-refractivity contribution in [1.82, 2.24) is 15.1 Å². The third-order valence-electron chi connectivity index (χ3n) is 4.41. The van der Waals surface area contributed by atoms with Crippen molar-refractivity contribution in [2.45, 2.75) is 46.3 Å². The second kappa shape index (κ2) is 6.47. The summed E-state index contributed by atoms with van der Waals surface area (Å²) in [7, 11) is 0. The fourth-order valence-corrected chi connectivity index (χ4v) is 3.01. The standard InChI is InChI=1S/C18H22N4O2/c1-12-6-4-5-7-15(12)11-19-18(24)14(3)22-16-10-13(2)20-21(16)9-8-17(22)23/h4-7,10,14H,8-9,11H2,1-3H3,(H,19,24). The molecule has 0 bridgehead atoms. The topological polar surface area (TPSA) is 67.2 Å². The second-order valence-corrected chi connectivity index (χ2v) is 6.20. The fraction of sp³-hybridized carbons (Fsp3) is 0.389. The quantitative estimate of drug-likeness (QED) is 0.934. The molecule has 0 aliphatic carbocycles. The third kappa shape index (κ3) is 3.04. The normalized spacial score (nSPS) is 15.1. The molecule has 0 radical (unpaired) electrons. The zero-order valence-electron chi connectivity index (χ0n) is 14.2.